The van der Waals surface area contributed by atoms with Crippen LogP contribution in [0, 0.1) is 3.57 Å². The summed E-state index contributed by atoms with van der Waals surface area (Å²) >= 11 is 7.92. The number of nitrogens with one attached hydrogen (secondary N) is 1. The van der Waals surface area contributed by atoms with Gasteiger partial charge in [0.1, 0.15) is 5.82 Å². The molecule has 1 aromatic rings. The van der Waals surface area contributed by atoms with E-state index in [2.05, 4.69) is 37.9 Å². The number of nitrogens with zero attached hydrogens (tertiary/aromatic N) is 2. The second-order valence-electron chi connectivity index (χ2n) is 4.00. The highest BCUT2D eigenvalue weighted by Gasteiger charge is 2.21. The van der Waals surface area contributed by atoms with Crippen LogP contribution in [-0.2, 0) is 0 Å². The molecule has 0 bridgehead atoms. The Morgan fingerprint density at radius 3 is 3.06 bits per heavy atom. The lowest BCUT2D eigenvalue weighted by Crippen LogP contribution is -2.30. The first kappa shape index (κ1) is 12.3. The van der Waals surface area contributed by atoms with Crippen LogP contribution in [0.1, 0.15) is 25.7 Å². The largest absolute Gasteiger partial charge is 0.393 e. The molecule has 2 N–H and O–H groups in total. The molecule has 0 aromatic carbocycles. The van der Waals surface area contributed by atoms with Gasteiger partial charge in [0.05, 0.1) is 9.67 Å². The van der Waals surface area contributed by atoms with Crippen molar-refractivity contribution in [3.8, 4) is 0 Å². The minimum Gasteiger partial charge on any atom is -0.393 e. The van der Waals surface area contributed by atoms with Gasteiger partial charge in [-0.15, -0.1) is 0 Å². The molecular formula is C10H13ClIN3O. The summed E-state index contributed by atoms with van der Waals surface area (Å²) in [5.74, 6) is 0.764. The van der Waals surface area contributed by atoms with E-state index in [1.165, 1.54) is 0 Å². The van der Waals surface area contributed by atoms with Crippen molar-refractivity contribution in [2.24, 2.45) is 0 Å². The fourth-order valence-corrected chi connectivity index (χ4v) is 2.48. The van der Waals surface area contributed by atoms with Crippen LogP contribution in [-0.4, -0.2) is 27.2 Å². The van der Waals surface area contributed by atoms with Gasteiger partial charge in [0.25, 0.3) is 0 Å². The third-order valence-corrected chi connectivity index (χ3v) is 3.67. The topological polar surface area (TPSA) is 58.0 Å². The van der Waals surface area contributed by atoms with Crippen LogP contribution in [0.25, 0.3) is 0 Å². The zero-order valence-electron chi connectivity index (χ0n) is 8.66. The zero-order chi connectivity index (χ0) is 11.5. The van der Waals surface area contributed by atoms with Gasteiger partial charge < -0.3 is 10.4 Å². The Kier molecular flexibility index (Phi) is 4.21. The Balaban J connectivity index is 2.05. The standard InChI is InChI=1S/C10H13ClIN3O/c11-10-13-5-8(12)9(15-10)14-6-2-1-3-7(16)4-6/h5-7,16H,1-4H2,(H,13,14,15). The number of hydrogen-bond donors (Lipinski definition) is 2. The Morgan fingerprint density at radius 1 is 1.50 bits per heavy atom. The minimum atomic E-state index is -0.193. The maximum Gasteiger partial charge on any atom is 0.224 e. The van der Waals surface area contributed by atoms with Gasteiger partial charge in [0, 0.05) is 12.2 Å². The number of hydrogen-bond acceptors (Lipinski definition) is 4. The van der Waals surface area contributed by atoms with Crippen LogP contribution in [0.4, 0.5) is 5.82 Å². The van der Waals surface area contributed by atoms with Gasteiger partial charge in [-0.05, 0) is 59.9 Å². The number of aliphatic hydroxyl groups excluding tert-OH is 1. The quantitative estimate of drug-likeness (QED) is 0.633. The summed E-state index contributed by atoms with van der Waals surface area (Å²) in [6.07, 6.45) is 5.29. The molecule has 88 valence electrons. The van der Waals surface area contributed by atoms with Crippen LogP contribution >= 0.6 is 34.2 Å². The van der Waals surface area contributed by atoms with E-state index in [9.17, 15) is 5.11 Å². The Morgan fingerprint density at radius 2 is 2.31 bits per heavy atom. The van der Waals surface area contributed by atoms with Gasteiger partial charge in [-0.25, -0.2) is 4.98 Å². The lowest BCUT2D eigenvalue weighted by Gasteiger charge is -2.27. The summed E-state index contributed by atoms with van der Waals surface area (Å²) in [5, 5.41) is 13.1. The molecule has 6 heteroatoms. The van der Waals surface area contributed by atoms with Crippen LogP contribution in [0.15, 0.2) is 6.20 Å². The summed E-state index contributed by atoms with van der Waals surface area (Å²) in [7, 11) is 0. The van der Waals surface area contributed by atoms with Crippen LogP contribution < -0.4 is 5.32 Å². The smallest absolute Gasteiger partial charge is 0.224 e. The highest BCUT2D eigenvalue weighted by atomic mass is 127. The molecule has 4 nitrogen and oxygen atoms in total. The van der Waals surface area contributed by atoms with Gasteiger partial charge in [-0.1, -0.05) is 0 Å². The highest BCUT2D eigenvalue weighted by molar-refractivity contribution is 14.1. The molecule has 1 fully saturated rings. The lowest BCUT2D eigenvalue weighted by molar-refractivity contribution is 0.124. The third-order valence-electron chi connectivity index (χ3n) is 2.70. The molecule has 1 aliphatic rings. The van der Waals surface area contributed by atoms with Gasteiger partial charge in [0.2, 0.25) is 5.28 Å². The summed E-state index contributed by atoms with van der Waals surface area (Å²) < 4.78 is 0.946. The molecule has 1 saturated carbocycles. The van der Waals surface area contributed by atoms with Gasteiger partial charge in [-0.2, -0.15) is 4.98 Å². The van der Waals surface area contributed by atoms with Crippen molar-refractivity contribution in [3.05, 3.63) is 15.1 Å². The summed E-state index contributed by atoms with van der Waals surface area (Å²) in [6.45, 7) is 0. The zero-order valence-corrected chi connectivity index (χ0v) is 11.6. The molecule has 2 atom stereocenters. The lowest BCUT2D eigenvalue weighted by atomic mass is 9.93. The number of rotatable bonds is 2. The minimum absolute atomic E-state index is 0.193. The van der Waals surface area contributed by atoms with E-state index in [4.69, 9.17) is 11.6 Å². The van der Waals surface area contributed by atoms with Crippen molar-refractivity contribution in [2.45, 2.75) is 37.8 Å². The van der Waals surface area contributed by atoms with Crippen molar-refractivity contribution in [1.82, 2.24) is 9.97 Å². The second kappa shape index (κ2) is 5.46. The molecule has 0 aliphatic heterocycles. The maximum absolute atomic E-state index is 9.58. The molecule has 1 aliphatic carbocycles. The average molecular weight is 354 g/mol. The van der Waals surface area contributed by atoms with Crippen LogP contribution in [0.3, 0.4) is 0 Å². The predicted molar refractivity (Wildman–Crippen MR) is 71.6 cm³/mol. The van der Waals surface area contributed by atoms with Crippen molar-refractivity contribution in [2.75, 3.05) is 5.32 Å². The number of anilines is 1. The Labute approximate surface area is 113 Å². The van der Waals surface area contributed by atoms with Crippen molar-refractivity contribution < 1.29 is 5.11 Å². The first-order valence-corrected chi connectivity index (χ1v) is 6.73. The summed E-state index contributed by atoms with van der Waals surface area (Å²) in [4.78, 5) is 8.05. The SMILES string of the molecule is OC1CCCC(Nc2nc(Cl)ncc2I)C1. The molecule has 0 amide bonds. The average Bonchev–Trinajstić information content (AvgIpc) is 2.24. The number of aliphatic hydroxyl groups is 1. The van der Waals surface area contributed by atoms with Crippen molar-refractivity contribution >= 4 is 40.0 Å². The van der Waals surface area contributed by atoms with Crippen molar-refractivity contribution in [1.29, 1.82) is 0 Å². The maximum atomic E-state index is 9.58. The molecule has 0 spiro atoms. The van der Waals surface area contributed by atoms with Crippen molar-refractivity contribution in [3.63, 3.8) is 0 Å². The normalized spacial score (nSPS) is 25.4. The first-order valence-electron chi connectivity index (χ1n) is 5.28. The van der Waals surface area contributed by atoms with Crippen LogP contribution in [0.5, 0.6) is 0 Å². The van der Waals surface area contributed by atoms with Crippen LogP contribution in [0.2, 0.25) is 5.28 Å². The summed E-state index contributed by atoms with van der Waals surface area (Å²) in [5.41, 5.74) is 0. The molecule has 1 aromatic heterocycles. The number of aromatic nitrogens is 2. The monoisotopic (exact) mass is 353 g/mol. The molecule has 1 heterocycles. The molecule has 2 unspecified atom stereocenters. The van der Waals surface area contributed by atoms with E-state index in [-0.39, 0.29) is 17.4 Å². The van der Waals surface area contributed by atoms with E-state index < -0.39 is 0 Å². The molecule has 0 saturated heterocycles. The molecular weight excluding hydrogens is 340 g/mol. The van der Waals surface area contributed by atoms with E-state index >= 15 is 0 Å². The molecule has 2 rings (SSSR count). The van der Waals surface area contributed by atoms with Gasteiger partial charge in [0.15, 0.2) is 0 Å². The van der Waals surface area contributed by atoms with E-state index in [0.29, 0.717) is 0 Å². The van der Waals surface area contributed by atoms with Gasteiger partial charge >= 0.3 is 0 Å². The first-order chi connectivity index (χ1) is 7.65. The van der Waals surface area contributed by atoms with E-state index in [1.54, 1.807) is 6.20 Å². The van der Waals surface area contributed by atoms with E-state index in [0.717, 1.165) is 35.1 Å². The summed E-state index contributed by atoms with van der Waals surface area (Å²) in [6, 6.07) is 0.281. The third kappa shape index (κ3) is 3.18. The fraction of sp³-hybridized carbons (Fsp3) is 0.600. The highest BCUT2D eigenvalue weighted by Crippen LogP contribution is 2.24. The Hall–Kier alpha value is -0.140. The molecule has 0 radical (unpaired) electrons. The van der Waals surface area contributed by atoms with Gasteiger partial charge in [-0.3, -0.25) is 0 Å². The van der Waals surface area contributed by atoms with E-state index in [1.807, 2.05) is 0 Å². The fourth-order valence-electron chi connectivity index (χ4n) is 1.94. The molecule has 16 heavy (non-hydrogen) atoms. The Bertz CT molecular complexity index is 377. The second-order valence-corrected chi connectivity index (χ2v) is 5.50. The number of halogens is 2. The predicted octanol–water partition coefficient (Wildman–Crippen LogP) is 2.45.